The van der Waals surface area contributed by atoms with Gasteiger partial charge in [-0.05, 0) is 47.9 Å². The molecule has 7 heteroatoms. The maximum Gasteiger partial charge on any atom is 0.253 e. The molecule has 2 heterocycles. The molecule has 134 valence electrons. The highest BCUT2D eigenvalue weighted by molar-refractivity contribution is 5.84. The summed E-state index contributed by atoms with van der Waals surface area (Å²) in [7, 11) is 0. The molecule has 0 fully saturated rings. The van der Waals surface area contributed by atoms with E-state index in [-0.39, 0.29) is 5.75 Å². The van der Waals surface area contributed by atoms with Gasteiger partial charge in [0, 0.05) is 18.8 Å². The van der Waals surface area contributed by atoms with Crippen LogP contribution in [-0.4, -0.2) is 21.6 Å². The molecule has 0 atom stereocenters. The third-order valence-corrected chi connectivity index (χ3v) is 5.09. The lowest BCUT2D eigenvalue weighted by molar-refractivity contribution is 0.473. The van der Waals surface area contributed by atoms with Crippen molar-refractivity contribution >= 4 is 28.1 Å². The molecule has 3 aromatic carbocycles. The van der Waals surface area contributed by atoms with Crippen molar-refractivity contribution in [2.45, 2.75) is 13.0 Å². The van der Waals surface area contributed by atoms with Crippen LogP contribution in [0.2, 0.25) is 0 Å². The summed E-state index contributed by atoms with van der Waals surface area (Å²) in [6.07, 6.45) is 2.37. The van der Waals surface area contributed by atoms with Crippen molar-refractivity contribution in [3.05, 3.63) is 74.3 Å². The first kappa shape index (κ1) is 15.6. The lowest BCUT2D eigenvalue weighted by Crippen LogP contribution is -2.44. The number of phenolic OH excluding ortho intramolecular Hbond substituents is 1. The second-order valence-electron chi connectivity index (χ2n) is 6.77. The number of aromatic nitrogens is 2. The molecule has 0 bridgehead atoms. The maximum absolute atomic E-state index is 12.3. The highest BCUT2D eigenvalue weighted by Crippen LogP contribution is 2.31. The highest BCUT2D eigenvalue weighted by Gasteiger charge is 2.28. The first-order valence-electron chi connectivity index (χ1n) is 8.69. The second-order valence-corrected chi connectivity index (χ2v) is 6.77. The number of hydrogen-bond acceptors (Lipinski definition) is 6. The predicted molar refractivity (Wildman–Crippen MR) is 104 cm³/mol. The van der Waals surface area contributed by atoms with Gasteiger partial charge in [-0.15, -0.1) is 0 Å². The fraction of sp³-hybridized carbons (Fsp3) is 0.150. The van der Waals surface area contributed by atoms with Crippen LogP contribution in [-0.2, 0) is 13.0 Å². The molecule has 0 saturated heterocycles. The summed E-state index contributed by atoms with van der Waals surface area (Å²) in [4.78, 5) is 33.5. The van der Waals surface area contributed by atoms with E-state index in [1.54, 1.807) is 18.5 Å². The third-order valence-electron chi connectivity index (χ3n) is 5.09. The van der Waals surface area contributed by atoms with Crippen LogP contribution in [0, 0.1) is 0 Å². The molecule has 4 aromatic rings. The van der Waals surface area contributed by atoms with Gasteiger partial charge in [0.15, 0.2) is 0 Å². The Kier molecular flexibility index (Phi) is 3.30. The first-order chi connectivity index (χ1) is 13.1. The van der Waals surface area contributed by atoms with Crippen molar-refractivity contribution in [3.63, 3.8) is 0 Å². The maximum atomic E-state index is 12.3. The van der Waals surface area contributed by atoms with E-state index < -0.39 is 10.9 Å². The summed E-state index contributed by atoms with van der Waals surface area (Å²) in [6.45, 7) is 1.14. The van der Waals surface area contributed by atoms with Crippen molar-refractivity contribution < 1.29 is 5.11 Å². The van der Waals surface area contributed by atoms with Gasteiger partial charge in [0.25, 0.3) is 10.9 Å². The number of rotatable bonds is 3. The quantitative estimate of drug-likeness (QED) is 0.485. The normalized spacial score (nSPS) is 13.9. The molecule has 0 unspecified atom stereocenters. The SMILES string of the molecule is O=c1c(Nc2ccc3nc[nH]c3c2)c(N2CCc3ccc(O)cc3C2)c1=O. The summed E-state index contributed by atoms with van der Waals surface area (Å²) in [6, 6.07) is 10.8. The van der Waals surface area contributed by atoms with E-state index in [9.17, 15) is 14.7 Å². The van der Waals surface area contributed by atoms with Crippen LogP contribution < -0.4 is 21.1 Å². The van der Waals surface area contributed by atoms with Crippen LogP contribution in [0.5, 0.6) is 5.75 Å². The fourth-order valence-corrected chi connectivity index (χ4v) is 3.69. The average Bonchev–Trinajstić information content (AvgIpc) is 3.14. The smallest absolute Gasteiger partial charge is 0.253 e. The van der Waals surface area contributed by atoms with Crippen LogP contribution in [0.4, 0.5) is 17.1 Å². The van der Waals surface area contributed by atoms with E-state index in [2.05, 4.69) is 15.3 Å². The molecule has 1 aliphatic rings. The highest BCUT2D eigenvalue weighted by atomic mass is 16.3. The molecule has 0 saturated carbocycles. The van der Waals surface area contributed by atoms with E-state index in [1.807, 2.05) is 29.2 Å². The summed E-state index contributed by atoms with van der Waals surface area (Å²) in [5, 5.41) is 12.8. The van der Waals surface area contributed by atoms with Crippen molar-refractivity contribution in [2.75, 3.05) is 16.8 Å². The Balaban J connectivity index is 1.47. The minimum Gasteiger partial charge on any atom is -0.508 e. The van der Waals surface area contributed by atoms with Crippen LogP contribution in [0.3, 0.4) is 0 Å². The minimum absolute atomic E-state index is 0.201. The van der Waals surface area contributed by atoms with E-state index in [0.29, 0.717) is 24.5 Å². The molecule has 0 spiro atoms. The van der Waals surface area contributed by atoms with Crippen LogP contribution in [0.15, 0.2) is 52.3 Å². The van der Waals surface area contributed by atoms with Gasteiger partial charge in [-0.2, -0.15) is 0 Å². The Hall–Kier alpha value is -3.61. The Bertz CT molecular complexity index is 1250. The average molecular weight is 360 g/mol. The summed E-state index contributed by atoms with van der Waals surface area (Å²) in [5.41, 5.74) is 4.29. The molecule has 7 nitrogen and oxygen atoms in total. The lowest BCUT2D eigenvalue weighted by Gasteiger charge is -2.32. The Morgan fingerprint density at radius 3 is 2.85 bits per heavy atom. The number of imidazole rings is 1. The van der Waals surface area contributed by atoms with Crippen LogP contribution >= 0.6 is 0 Å². The van der Waals surface area contributed by atoms with Gasteiger partial charge in [-0.1, -0.05) is 6.07 Å². The van der Waals surface area contributed by atoms with Crippen molar-refractivity contribution in [2.24, 2.45) is 0 Å². The van der Waals surface area contributed by atoms with E-state index >= 15 is 0 Å². The molecule has 0 aliphatic carbocycles. The predicted octanol–water partition coefficient (Wildman–Crippen LogP) is 2.17. The topological polar surface area (TPSA) is 98.3 Å². The molecule has 1 aliphatic heterocycles. The zero-order valence-corrected chi connectivity index (χ0v) is 14.3. The number of aromatic hydroxyl groups is 1. The van der Waals surface area contributed by atoms with Crippen molar-refractivity contribution in [1.29, 1.82) is 0 Å². The molecule has 27 heavy (non-hydrogen) atoms. The Morgan fingerprint density at radius 1 is 1.07 bits per heavy atom. The van der Waals surface area contributed by atoms with Crippen molar-refractivity contribution in [3.8, 4) is 5.75 Å². The van der Waals surface area contributed by atoms with E-state index in [0.717, 1.165) is 34.3 Å². The van der Waals surface area contributed by atoms with Gasteiger partial charge < -0.3 is 20.3 Å². The minimum atomic E-state index is -0.503. The summed E-state index contributed by atoms with van der Waals surface area (Å²) in [5.74, 6) is 0.201. The number of phenols is 1. The number of nitrogens with zero attached hydrogens (tertiary/aromatic N) is 2. The third kappa shape index (κ3) is 2.47. The number of H-pyrrole nitrogens is 1. The number of anilines is 3. The van der Waals surface area contributed by atoms with E-state index in [1.165, 1.54) is 0 Å². The fourth-order valence-electron chi connectivity index (χ4n) is 3.69. The largest absolute Gasteiger partial charge is 0.508 e. The molecule has 1 aromatic heterocycles. The van der Waals surface area contributed by atoms with Crippen LogP contribution in [0.25, 0.3) is 11.0 Å². The van der Waals surface area contributed by atoms with Gasteiger partial charge in [0.05, 0.1) is 17.4 Å². The van der Waals surface area contributed by atoms with Gasteiger partial charge in [0.2, 0.25) is 0 Å². The van der Waals surface area contributed by atoms with Crippen molar-refractivity contribution in [1.82, 2.24) is 9.97 Å². The standard InChI is InChI=1S/C20H16N4O3/c25-14-3-1-11-5-6-24(9-12(11)7-14)18-17(19(26)20(18)27)23-13-2-4-15-16(8-13)22-10-21-15/h1-4,7-8,10,23,25H,5-6,9H2,(H,21,22). The molecule has 3 N–H and O–H groups in total. The molecule has 0 radical (unpaired) electrons. The molecular weight excluding hydrogens is 344 g/mol. The van der Waals surface area contributed by atoms with E-state index in [4.69, 9.17) is 0 Å². The molecule has 5 rings (SSSR count). The first-order valence-corrected chi connectivity index (χ1v) is 8.69. The van der Waals surface area contributed by atoms with Gasteiger partial charge in [0.1, 0.15) is 17.1 Å². The zero-order valence-electron chi connectivity index (χ0n) is 14.3. The second kappa shape index (κ2) is 5.70. The number of nitrogens with one attached hydrogen (secondary N) is 2. The summed E-state index contributed by atoms with van der Waals surface area (Å²) < 4.78 is 0. The number of aromatic amines is 1. The van der Waals surface area contributed by atoms with Crippen LogP contribution in [0.1, 0.15) is 11.1 Å². The lowest BCUT2D eigenvalue weighted by atomic mass is 9.98. The monoisotopic (exact) mass is 360 g/mol. The summed E-state index contributed by atoms with van der Waals surface area (Å²) >= 11 is 0. The zero-order chi connectivity index (χ0) is 18.5. The van der Waals surface area contributed by atoms with Gasteiger partial charge >= 0.3 is 0 Å². The number of hydrogen-bond donors (Lipinski definition) is 3. The molecular formula is C20H16N4O3. The Morgan fingerprint density at radius 2 is 1.96 bits per heavy atom. The Labute approximate surface area is 153 Å². The number of benzene rings is 2. The van der Waals surface area contributed by atoms with Gasteiger partial charge in [-0.25, -0.2) is 4.98 Å². The molecule has 0 amide bonds. The number of fused-ring (bicyclic) bond motifs is 2. The van der Waals surface area contributed by atoms with Gasteiger partial charge in [-0.3, -0.25) is 9.59 Å².